The normalized spacial score (nSPS) is 33.3. The summed E-state index contributed by atoms with van der Waals surface area (Å²) in [5, 5.41) is 13.7. The Labute approximate surface area is 199 Å². The second kappa shape index (κ2) is 8.74. The number of aliphatic hydroxyl groups excluding tert-OH is 1. The van der Waals surface area contributed by atoms with Crippen molar-refractivity contribution in [1.82, 2.24) is 5.32 Å². The summed E-state index contributed by atoms with van der Waals surface area (Å²) >= 11 is 0. The van der Waals surface area contributed by atoms with E-state index in [1.165, 1.54) is 55.2 Å². The second-order valence-electron chi connectivity index (χ2n) is 12.3. The van der Waals surface area contributed by atoms with Crippen LogP contribution in [0.1, 0.15) is 69.1 Å². The fourth-order valence-electron chi connectivity index (χ4n) is 8.29. The summed E-state index contributed by atoms with van der Waals surface area (Å²) in [6.45, 7) is 8.92. The van der Waals surface area contributed by atoms with Gasteiger partial charge in [-0.2, -0.15) is 0 Å². The van der Waals surface area contributed by atoms with Gasteiger partial charge in [-0.3, -0.25) is 0 Å². The van der Waals surface area contributed by atoms with Crippen molar-refractivity contribution in [2.75, 3.05) is 19.7 Å². The van der Waals surface area contributed by atoms with Crippen molar-refractivity contribution in [2.45, 2.75) is 77.2 Å². The Kier molecular flexibility index (Phi) is 6.07. The molecule has 0 amide bonds. The van der Waals surface area contributed by atoms with E-state index >= 15 is 0 Å². The standard InChI is InChI=1S/C30H41NO2/c1-22-5-4-6-23(13-22)11-12-31-17-26(32)18-33-27-9-7-25(8-10-27)30-16-24-14-28(2,20-30)19-29(3,15-24)21-30/h4-10,13,24,26,31-32H,11-12,14-21H2,1-3H3/t24?,26?,28-,29+,30?. The lowest BCUT2D eigenvalue weighted by atomic mass is 9.39. The van der Waals surface area contributed by atoms with Crippen LogP contribution in [0, 0.1) is 23.7 Å². The van der Waals surface area contributed by atoms with Crippen LogP contribution in [-0.4, -0.2) is 30.9 Å². The van der Waals surface area contributed by atoms with E-state index in [0.29, 0.717) is 29.4 Å². The minimum Gasteiger partial charge on any atom is -0.491 e. The van der Waals surface area contributed by atoms with E-state index in [9.17, 15) is 5.11 Å². The molecule has 3 unspecified atom stereocenters. The average Bonchev–Trinajstić information content (AvgIpc) is 2.73. The van der Waals surface area contributed by atoms with Crippen LogP contribution in [0.3, 0.4) is 0 Å². The molecule has 6 rings (SSSR count). The molecule has 2 aromatic carbocycles. The summed E-state index contributed by atoms with van der Waals surface area (Å²) in [7, 11) is 0. The van der Waals surface area contributed by atoms with E-state index in [1.54, 1.807) is 0 Å². The van der Waals surface area contributed by atoms with E-state index in [1.807, 2.05) is 0 Å². The van der Waals surface area contributed by atoms with Crippen molar-refractivity contribution in [1.29, 1.82) is 0 Å². The van der Waals surface area contributed by atoms with Crippen LogP contribution in [0.2, 0.25) is 0 Å². The number of nitrogens with one attached hydrogen (secondary N) is 1. The summed E-state index contributed by atoms with van der Waals surface area (Å²) in [5.74, 6) is 1.76. The highest BCUT2D eigenvalue weighted by Gasteiger charge is 2.60. The average molecular weight is 448 g/mol. The van der Waals surface area contributed by atoms with Gasteiger partial charge in [-0.05, 0) is 104 Å². The summed E-state index contributed by atoms with van der Waals surface area (Å²) < 4.78 is 5.92. The minimum atomic E-state index is -0.509. The Hall–Kier alpha value is -1.84. The van der Waals surface area contributed by atoms with Gasteiger partial charge in [0.2, 0.25) is 0 Å². The van der Waals surface area contributed by atoms with E-state index < -0.39 is 6.10 Å². The molecule has 2 aromatic rings. The first-order chi connectivity index (χ1) is 15.7. The quantitative estimate of drug-likeness (QED) is 0.476. The number of benzene rings is 2. The zero-order valence-electron chi connectivity index (χ0n) is 20.7. The molecular weight excluding hydrogens is 406 g/mol. The molecule has 4 bridgehead atoms. The van der Waals surface area contributed by atoms with Gasteiger partial charge in [-0.15, -0.1) is 0 Å². The zero-order chi connectivity index (χ0) is 23.1. The van der Waals surface area contributed by atoms with Gasteiger partial charge in [-0.25, -0.2) is 0 Å². The van der Waals surface area contributed by atoms with Gasteiger partial charge in [0.1, 0.15) is 18.5 Å². The third kappa shape index (κ3) is 5.00. The molecule has 178 valence electrons. The van der Waals surface area contributed by atoms with Gasteiger partial charge in [0.05, 0.1) is 0 Å². The molecule has 33 heavy (non-hydrogen) atoms. The summed E-state index contributed by atoms with van der Waals surface area (Å²) in [6, 6.07) is 17.4. The third-order valence-corrected chi connectivity index (χ3v) is 8.59. The fourth-order valence-corrected chi connectivity index (χ4v) is 8.29. The maximum absolute atomic E-state index is 10.3. The topological polar surface area (TPSA) is 41.5 Å². The third-order valence-electron chi connectivity index (χ3n) is 8.59. The molecule has 4 saturated carbocycles. The highest BCUT2D eigenvalue weighted by atomic mass is 16.5. The molecule has 3 heteroatoms. The van der Waals surface area contributed by atoms with Crippen LogP contribution in [-0.2, 0) is 11.8 Å². The molecule has 5 atom stereocenters. The van der Waals surface area contributed by atoms with Crippen LogP contribution in [0.4, 0.5) is 0 Å². The van der Waals surface area contributed by atoms with Gasteiger partial charge in [-0.1, -0.05) is 55.8 Å². The van der Waals surface area contributed by atoms with Gasteiger partial charge in [0, 0.05) is 6.54 Å². The number of hydrogen-bond donors (Lipinski definition) is 2. The molecule has 0 heterocycles. The molecule has 4 fully saturated rings. The smallest absolute Gasteiger partial charge is 0.119 e. The van der Waals surface area contributed by atoms with E-state index in [0.717, 1.165) is 24.6 Å². The SMILES string of the molecule is Cc1cccc(CCNCC(O)COc2ccc(C34CC5C[C@@](C)(C3)C[C@](C)(C5)C4)cc2)c1. The first-order valence-electron chi connectivity index (χ1n) is 12.9. The lowest BCUT2D eigenvalue weighted by molar-refractivity contribution is -0.110. The van der Waals surface area contributed by atoms with Crippen molar-refractivity contribution < 1.29 is 9.84 Å². The Bertz CT molecular complexity index is 950. The van der Waals surface area contributed by atoms with Crippen molar-refractivity contribution in [3.8, 4) is 5.75 Å². The van der Waals surface area contributed by atoms with Crippen LogP contribution < -0.4 is 10.1 Å². The van der Waals surface area contributed by atoms with Crippen LogP contribution >= 0.6 is 0 Å². The minimum absolute atomic E-state index is 0.320. The highest BCUT2D eigenvalue weighted by Crippen LogP contribution is 2.69. The predicted octanol–water partition coefficient (Wildman–Crippen LogP) is 5.82. The molecule has 0 spiro atoms. The van der Waals surface area contributed by atoms with Crippen molar-refractivity contribution in [2.24, 2.45) is 16.7 Å². The summed E-state index contributed by atoms with van der Waals surface area (Å²) in [4.78, 5) is 0. The molecule has 0 radical (unpaired) electrons. The summed E-state index contributed by atoms with van der Waals surface area (Å²) in [6.07, 6.45) is 8.80. The fraction of sp³-hybridized carbons (Fsp3) is 0.600. The van der Waals surface area contributed by atoms with Crippen LogP contribution in [0.25, 0.3) is 0 Å². The van der Waals surface area contributed by atoms with Crippen molar-refractivity contribution in [3.63, 3.8) is 0 Å². The molecular formula is C30H41NO2. The molecule has 0 saturated heterocycles. The second-order valence-corrected chi connectivity index (χ2v) is 12.3. The molecule has 3 nitrogen and oxygen atoms in total. The highest BCUT2D eigenvalue weighted by molar-refractivity contribution is 5.36. The number of aliphatic hydroxyl groups is 1. The molecule has 0 aliphatic heterocycles. The largest absolute Gasteiger partial charge is 0.491 e. The molecule has 0 aromatic heterocycles. The van der Waals surface area contributed by atoms with Crippen LogP contribution in [0.5, 0.6) is 5.75 Å². The summed E-state index contributed by atoms with van der Waals surface area (Å²) in [5.41, 5.74) is 5.55. The van der Waals surface area contributed by atoms with Gasteiger partial charge < -0.3 is 15.2 Å². The molecule has 4 aliphatic carbocycles. The first-order valence-corrected chi connectivity index (χ1v) is 12.9. The Morgan fingerprint density at radius 3 is 2.39 bits per heavy atom. The zero-order valence-corrected chi connectivity index (χ0v) is 20.7. The monoisotopic (exact) mass is 447 g/mol. The Balaban J connectivity index is 1.10. The Morgan fingerprint density at radius 1 is 1.00 bits per heavy atom. The predicted molar refractivity (Wildman–Crippen MR) is 135 cm³/mol. The molecule has 4 aliphatic rings. The van der Waals surface area contributed by atoms with Gasteiger partial charge in [0.15, 0.2) is 0 Å². The maximum atomic E-state index is 10.3. The molecule has 2 N–H and O–H groups in total. The number of aryl methyl sites for hydroxylation is 1. The van der Waals surface area contributed by atoms with E-state index in [-0.39, 0.29) is 0 Å². The van der Waals surface area contributed by atoms with Gasteiger partial charge >= 0.3 is 0 Å². The van der Waals surface area contributed by atoms with E-state index in [2.05, 4.69) is 74.6 Å². The number of ether oxygens (including phenoxy) is 1. The van der Waals surface area contributed by atoms with Gasteiger partial charge in [0.25, 0.3) is 0 Å². The maximum Gasteiger partial charge on any atom is 0.119 e. The number of rotatable bonds is 9. The van der Waals surface area contributed by atoms with E-state index in [4.69, 9.17) is 4.74 Å². The Morgan fingerprint density at radius 2 is 1.73 bits per heavy atom. The van der Waals surface area contributed by atoms with Crippen molar-refractivity contribution >= 4 is 0 Å². The first kappa shape index (κ1) is 22.9. The lowest BCUT2D eigenvalue weighted by Crippen LogP contribution is -2.56. The number of hydrogen-bond acceptors (Lipinski definition) is 3. The lowest BCUT2D eigenvalue weighted by Gasteiger charge is -2.65. The van der Waals surface area contributed by atoms with Crippen LogP contribution in [0.15, 0.2) is 48.5 Å². The van der Waals surface area contributed by atoms with Crippen molar-refractivity contribution in [3.05, 3.63) is 65.2 Å².